The summed E-state index contributed by atoms with van der Waals surface area (Å²) < 4.78 is 27.6. The minimum atomic E-state index is -3.74. The molecule has 0 aliphatic carbocycles. The molecule has 2 aromatic rings. The van der Waals surface area contributed by atoms with Crippen molar-refractivity contribution < 1.29 is 8.42 Å². The van der Waals surface area contributed by atoms with Gasteiger partial charge in [0, 0.05) is 15.9 Å². The zero-order valence-electron chi connectivity index (χ0n) is 11.0. The Morgan fingerprint density at radius 1 is 1.20 bits per heavy atom. The maximum absolute atomic E-state index is 12.4. The van der Waals surface area contributed by atoms with Crippen LogP contribution in [0.25, 0.3) is 0 Å². The number of aryl methyl sites for hydroxylation is 2. The molecule has 2 rings (SSSR count). The van der Waals surface area contributed by atoms with E-state index in [1.165, 1.54) is 6.07 Å². The number of nitrogens with zero attached hydrogens (tertiary/aromatic N) is 1. The van der Waals surface area contributed by atoms with Crippen molar-refractivity contribution in [2.45, 2.75) is 18.7 Å². The number of benzene rings is 1. The first-order valence-electron chi connectivity index (χ1n) is 5.81. The van der Waals surface area contributed by atoms with Crippen molar-refractivity contribution in [1.82, 2.24) is 4.98 Å². The molecule has 0 bridgehead atoms. The van der Waals surface area contributed by atoms with Gasteiger partial charge in [0.1, 0.15) is 10.7 Å². The molecule has 0 radical (unpaired) electrons. The normalized spacial score (nSPS) is 11.3. The topological polar surface area (TPSA) is 85.1 Å². The van der Waals surface area contributed by atoms with Crippen molar-refractivity contribution in [3.05, 3.63) is 46.1 Å². The Labute approximate surface area is 126 Å². The van der Waals surface area contributed by atoms with Crippen molar-refractivity contribution in [3.63, 3.8) is 0 Å². The number of hydrogen-bond donors (Lipinski definition) is 2. The molecule has 5 nitrogen and oxygen atoms in total. The zero-order chi connectivity index (χ0) is 14.9. The molecule has 3 N–H and O–H groups in total. The van der Waals surface area contributed by atoms with Gasteiger partial charge in [-0.2, -0.15) is 0 Å². The van der Waals surface area contributed by atoms with E-state index in [4.69, 9.17) is 5.73 Å². The minimum Gasteiger partial charge on any atom is -0.399 e. The molecular formula is C13H14BrN3O2S. The van der Waals surface area contributed by atoms with E-state index in [1.54, 1.807) is 25.1 Å². The van der Waals surface area contributed by atoms with E-state index in [0.717, 1.165) is 11.3 Å². The Hall–Kier alpha value is -1.60. The van der Waals surface area contributed by atoms with Crippen molar-refractivity contribution in [3.8, 4) is 0 Å². The molecule has 0 aliphatic heterocycles. The van der Waals surface area contributed by atoms with Crippen LogP contribution in [0.3, 0.4) is 0 Å². The number of nitrogens with one attached hydrogen (secondary N) is 1. The molecule has 0 amide bonds. The predicted molar refractivity (Wildman–Crippen MR) is 83.1 cm³/mol. The first-order chi connectivity index (χ1) is 9.28. The second-order valence-corrected chi connectivity index (χ2v) is 6.97. The number of hydrogen-bond acceptors (Lipinski definition) is 4. The van der Waals surface area contributed by atoms with Crippen LogP contribution in [0.2, 0.25) is 0 Å². The first kappa shape index (κ1) is 14.8. The van der Waals surface area contributed by atoms with Crippen molar-refractivity contribution in [2.75, 3.05) is 10.5 Å². The van der Waals surface area contributed by atoms with Gasteiger partial charge in [0.2, 0.25) is 0 Å². The minimum absolute atomic E-state index is 0.0819. The van der Waals surface area contributed by atoms with Crippen LogP contribution in [-0.4, -0.2) is 13.4 Å². The molecule has 0 unspecified atom stereocenters. The summed E-state index contributed by atoms with van der Waals surface area (Å²) in [5, 5.41) is 0. The molecule has 1 aromatic heterocycles. The third-order valence-electron chi connectivity index (χ3n) is 2.58. The third kappa shape index (κ3) is 3.29. The molecule has 0 saturated carbocycles. The van der Waals surface area contributed by atoms with Gasteiger partial charge in [-0.1, -0.05) is 0 Å². The van der Waals surface area contributed by atoms with E-state index < -0.39 is 10.0 Å². The van der Waals surface area contributed by atoms with Crippen molar-refractivity contribution in [1.29, 1.82) is 0 Å². The summed E-state index contributed by atoms with van der Waals surface area (Å²) in [5.74, 6) is 0.289. The van der Waals surface area contributed by atoms with E-state index in [-0.39, 0.29) is 10.7 Å². The quantitative estimate of drug-likeness (QED) is 0.829. The highest BCUT2D eigenvalue weighted by atomic mass is 79.9. The number of nitrogens with two attached hydrogens (primary N) is 1. The van der Waals surface area contributed by atoms with Gasteiger partial charge in [0.05, 0.1) is 0 Å². The van der Waals surface area contributed by atoms with Gasteiger partial charge in [0.15, 0.2) is 0 Å². The second-order valence-electron chi connectivity index (χ2n) is 4.47. The highest BCUT2D eigenvalue weighted by Crippen LogP contribution is 2.26. The Morgan fingerprint density at radius 3 is 2.55 bits per heavy atom. The number of anilines is 2. The van der Waals surface area contributed by atoms with E-state index in [2.05, 4.69) is 25.6 Å². The van der Waals surface area contributed by atoms with Gasteiger partial charge >= 0.3 is 0 Å². The standard InChI is InChI=1S/C13H14BrN3O2S/c1-8-5-9(2)16-13(6-8)17-20(18,19)12-7-10(15)3-4-11(12)14/h3-7H,15H2,1-2H3,(H,16,17). The van der Waals surface area contributed by atoms with Crippen LogP contribution >= 0.6 is 15.9 Å². The van der Waals surface area contributed by atoms with Gasteiger partial charge in [-0.05, 0) is 65.7 Å². The zero-order valence-corrected chi connectivity index (χ0v) is 13.4. The molecule has 0 fully saturated rings. The van der Waals surface area contributed by atoms with Gasteiger partial charge in [-0.25, -0.2) is 13.4 Å². The molecule has 1 heterocycles. The lowest BCUT2D eigenvalue weighted by atomic mass is 10.2. The largest absolute Gasteiger partial charge is 0.399 e. The molecule has 106 valence electrons. The summed E-state index contributed by atoms with van der Waals surface area (Å²) >= 11 is 3.21. The number of sulfonamides is 1. The van der Waals surface area contributed by atoms with Crippen LogP contribution in [0.5, 0.6) is 0 Å². The van der Waals surface area contributed by atoms with Gasteiger partial charge < -0.3 is 5.73 Å². The summed E-state index contributed by atoms with van der Waals surface area (Å²) in [7, 11) is -3.74. The van der Waals surface area contributed by atoms with Crippen LogP contribution in [0.1, 0.15) is 11.3 Å². The fourth-order valence-corrected chi connectivity index (χ4v) is 3.80. The molecule has 1 aromatic carbocycles. The average Bonchev–Trinajstić information content (AvgIpc) is 2.30. The monoisotopic (exact) mass is 355 g/mol. The van der Waals surface area contributed by atoms with Gasteiger partial charge in [-0.15, -0.1) is 0 Å². The number of nitrogen functional groups attached to an aromatic ring is 1. The Bertz CT molecular complexity index is 740. The number of rotatable bonds is 3. The molecular weight excluding hydrogens is 342 g/mol. The fraction of sp³-hybridized carbons (Fsp3) is 0.154. The van der Waals surface area contributed by atoms with Crippen molar-refractivity contribution in [2.24, 2.45) is 0 Å². The van der Waals surface area contributed by atoms with E-state index >= 15 is 0 Å². The number of pyridine rings is 1. The van der Waals surface area contributed by atoms with Crippen LogP contribution in [0, 0.1) is 13.8 Å². The summed E-state index contributed by atoms with van der Waals surface area (Å²) in [6, 6.07) is 8.16. The first-order valence-corrected chi connectivity index (χ1v) is 8.09. The highest BCUT2D eigenvalue weighted by Gasteiger charge is 2.19. The fourth-order valence-electron chi connectivity index (χ4n) is 1.81. The number of halogens is 1. The Balaban J connectivity index is 2.43. The molecule has 7 heteroatoms. The third-order valence-corrected chi connectivity index (χ3v) is 4.93. The lowest BCUT2D eigenvalue weighted by molar-refractivity contribution is 0.600. The Morgan fingerprint density at radius 2 is 1.90 bits per heavy atom. The van der Waals surface area contributed by atoms with Crippen LogP contribution in [0.15, 0.2) is 39.7 Å². The second kappa shape index (κ2) is 5.41. The lowest BCUT2D eigenvalue weighted by Crippen LogP contribution is -2.15. The molecule has 0 atom stereocenters. The van der Waals surface area contributed by atoms with Crippen LogP contribution in [-0.2, 0) is 10.0 Å². The molecule has 0 aliphatic rings. The maximum atomic E-state index is 12.4. The van der Waals surface area contributed by atoms with Gasteiger partial charge in [0.25, 0.3) is 10.0 Å². The van der Waals surface area contributed by atoms with E-state index in [9.17, 15) is 8.42 Å². The van der Waals surface area contributed by atoms with E-state index in [1.807, 2.05) is 13.0 Å². The maximum Gasteiger partial charge on any atom is 0.264 e. The highest BCUT2D eigenvalue weighted by molar-refractivity contribution is 9.10. The Kier molecular flexibility index (Phi) is 4.01. The summed E-state index contributed by atoms with van der Waals surface area (Å²) in [6.07, 6.45) is 0. The van der Waals surface area contributed by atoms with Gasteiger partial charge in [-0.3, -0.25) is 4.72 Å². The van der Waals surface area contributed by atoms with Crippen LogP contribution < -0.4 is 10.5 Å². The molecule has 0 spiro atoms. The van der Waals surface area contributed by atoms with Crippen LogP contribution in [0.4, 0.5) is 11.5 Å². The van der Waals surface area contributed by atoms with Crippen molar-refractivity contribution >= 4 is 37.5 Å². The smallest absolute Gasteiger partial charge is 0.264 e. The summed E-state index contributed by atoms with van der Waals surface area (Å²) in [5.41, 5.74) is 7.69. The summed E-state index contributed by atoms with van der Waals surface area (Å²) in [4.78, 5) is 4.24. The molecule has 0 saturated heterocycles. The van der Waals surface area contributed by atoms with E-state index in [0.29, 0.717) is 10.2 Å². The predicted octanol–water partition coefficient (Wildman–Crippen LogP) is 2.84. The average molecular weight is 356 g/mol. The summed E-state index contributed by atoms with van der Waals surface area (Å²) in [6.45, 7) is 3.68. The molecule has 20 heavy (non-hydrogen) atoms. The lowest BCUT2D eigenvalue weighted by Gasteiger charge is -2.10. The number of aromatic nitrogens is 1. The SMILES string of the molecule is Cc1cc(C)nc(NS(=O)(=O)c2cc(N)ccc2Br)c1.